The smallest absolute Gasteiger partial charge is 0.252 e. The molecule has 0 aliphatic carbocycles. The third-order valence-corrected chi connectivity index (χ3v) is 5.66. The van der Waals surface area contributed by atoms with Crippen LogP contribution in [0.2, 0.25) is 0 Å². The Labute approximate surface area is 197 Å². The molecule has 0 radical (unpaired) electrons. The summed E-state index contributed by atoms with van der Waals surface area (Å²) >= 11 is 0. The summed E-state index contributed by atoms with van der Waals surface area (Å²) < 4.78 is 15.3. The molecule has 2 aromatic heterocycles. The summed E-state index contributed by atoms with van der Waals surface area (Å²) in [4.78, 5) is 32.0. The van der Waals surface area contributed by atoms with Gasteiger partial charge in [0.2, 0.25) is 5.91 Å². The number of carbonyl (C=O) groups is 2. The zero-order chi connectivity index (χ0) is 24.1. The predicted octanol–water partition coefficient (Wildman–Crippen LogP) is 3.88. The molecular formula is C26H26FN5O2. The highest BCUT2D eigenvalue weighted by Crippen LogP contribution is 2.25. The number of likely N-dealkylation sites (N-methyl/N-ethyl adjacent to an activating group) is 1. The van der Waals surface area contributed by atoms with E-state index in [4.69, 9.17) is 4.98 Å². The van der Waals surface area contributed by atoms with Gasteiger partial charge in [-0.2, -0.15) is 5.10 Å². The first-order valence-corrected chi connectivity index (χ1v) is 11.2. The van der Waals surface area contributed by atoms with E-state index in [1.807, 2.05) is 50.2 Å². The molecule has 0 bridgehead atoms. The second-order valence-electron chi connectivity index (χ2n) is 7.84. The van der Waals surface area contributed by atoms with Crippen LogP contribution in [0.4, 0.5) is 4.39 Å². The number of rotatable bonds is 8. The van der Waals surface area contributed by atoms with Gasteiger partial charge in [0, 0.05) is 18.7 Å². The molecule has 0 spiro atoms. The maximum absolute atomic E-state index is 13.7. The first-order chi connectivity index (χ1) is 16.5. The molecule has 0 aliphatic rings. The summed E-state index contributed by atoms with van der Waals surface area (Å²) in [6.45, 7) is 5.16. The monoisotopic (exact) mass is 459 g/mol. The number of carbonyl (C=O) groups excluding carboxylic acids is 2. The van der Waals surface area contributed by atoms with Gasteiger partial charge < -0.3 is 10.2 Å². The van der Waals surface area contributed by atoms with Crippen molar-refractivity contribution in [3.8, 4) is 11.3 Å². The molecule has 0 fully saturated rings. The van der Waals surface area contributed by atoms with Crippen molar-refractivity contribution in [2.24, 2.45) is 0 Å². The maximum Gasteiger partial charge on any atom is 0.252 e. The van der Waals surface area contributed by atoms with Gasteiger partial charge in [0.25, 0.3) is 5.91 Å². The van der Waals surface area contributed by atoms with Gasteiger partial charge in [0.15, 0.2) is 5.65 Å². The van der Waals surface area contributed by atoms with Crippen LogP contribution in [-0.4, -0.2) is 51.1 Å². The largest absolute Gasteiger partial charge is 0.343 e. The lowest BCUT2D eigenvalue weighted by molar-refractivity contribution is -0.129. The molecule has 4 aromatic rings. The number of nitrogens with one attached hydrogen (secondary N) is 1. The molecular weight excluding hydrogens is 433 g/mol. The lowest BCUT2D eigenvalue weighted by Gasteiger charge is -2.18. The number of benzene rings is 2. The van der Waals surface area contributed by atoms with Crippen molar-refractivity contribution < 1.29 is 14.0 Å². The molecule has 34 heavy (non-hydrogen) atoms. The van der Waals surface area contributed by atoms with Crippen molar-refractivity contribution in [3.05, 3.63) is 83.8 Å². The van der Waals surface area contributed by atoms with Gasteiger partial charge in [-0.25, -0.2) is 14.1 Å². The van der Waals surface area contributed by atoms with Crippen LogP contribution < -0.4 is 5.32 Å². The van der Waals surface area contributed by atoms with Gasteiger partial charge in [-0.3, -0.25) is 9.59 Å². The van der Waals surface area contributed by atoms with Crippen molar-refractivity contribution >= 4 is 22.8 Å². The van der Waals surface area contributed by atoms with E-state index in [9.17, 15) is 14.0 Å². The van der Waals surface area contributed by atoms with Crippen LogP contribution in [0.15, 0.2) is 66.9 Å². The normalized spacial score (nSPS) is 10.9. The number of amides is 2. The fourth-order valence-corrected chi connectivity index (χ4v) is 3.86. The average molecular weight is 460 g/mol. The van der Waals surface area contributed by atoms with Crippen LogP contribution in [0.25, 0.3) is 22.3 Å². The van der Waals surface area contributed by atoms with E-state index >= 15 is 0 Å². The highest BCUT2D eigenvalue weighted by Gasteiger charge is 2.19. The SMILES string of the molecule is CCN(CC)C(=O)CNC(=O)c1cc(-c2ccccc2)nc2c1cnn2Cc1cccc(F)c1. The lowest BCUT2D eigenvalue weighted by Crippen LogP contribution is -2.40. The van der Waals surface area contributed by atoms with E-state index in [-0.39, 0.29) is 24.2 Å². The first-order valence-electron chi connectivity index (χ1n) is 11.2. The summed E-state index contributed by atoms with van der Waals surface area (Å²) in [6.07, 6.45) is 1.58. The zero-order valence-electron chi connectivity index (χ0n) is 19.2. The minimum atomic E-state index is -0.379. The Bertz CT molecular complexity index is 1320. The van der Waals surface area contributed by atoms with E-state index < -0.39 is 0 Å². The maximum atomic E-state index is 13.7. The van der Waals surface area contributed by atoms with Crippen LogP contribution in [0, 0.1) is 5.82 Å². The Hall–Kier alpha value is -4.07. The fraction of sp³-hybridized carbons (Fsp3) is 0.231. The topological polar surface area (TPSA) is 80.1 Å². The van der Waals surface area contributed by atoms with Crippen LogP contribution in [0.5, 0.6) is 0 Å². The minimum absolute atomic E-state index is 0.0948. The highest BCUT2D eigenvalue weighted by atomic mass is 19.1. The number of hydrogen-bond acceptors (Lipinski definition) is 4. The van der Waals surface area contributed by atoms with Crippen molar-refractivity contribution in [2.45, 2.75) is 20.4 Å². The van der Waals surface area contributed by atoms with Gasteiger partial charge in [-0.1, -0.05) is 42.5 Å². The quantitative estimate of drug-likeness (QED) is 0.434. The van der Waals surface area contributed by atoms with E-state index in [0.717, 1.165) is 11.1 Å². The molecule has 174 valence electrons. The van der Waals surface area contributed by atoms with Gasteiger partial charge in [0.05, 0.1) is 35.9 Å². The third-order valence-electron chi connectivity index (χ3n) is 5.66. The van der Waals surface area contributed by atoms with Gasteiger partial charge in [0.1, 0.15) is 5.82 Å². The van der Waals surface area contributed by atoms with Gasteiger partial charge in [-0.15, -0.1) is 0 Å². The van der Waals surface area contributed by atoms with E-state index in [1.54, 1.807) is 27.9 Å². The Kier molecular flexibility index (Phi) is 6.96. The van der Waals surface area contributed by atoms with Crippen molar-refractivity contribution in [1.82, 2.24) is 25.0 Å². The number of halogens is 1. The Morgan fingerprint density at radius 2 is 1.79 bits per heavy atom. The Morgan fingerprint density at radius 1 is 1.03 bits per heavy atom. The molecule has 2 heterocycles. The number of pyridine rings is 1. The fourth-order valence-electron chi connectivity index (χ4n) is 3.86. The zero-order valence-corrected chi connectivity index (χ0v) is 19.2. The molecule has 8 heteroatoms. The predicted molar refractivity (Wildman–Crippen MR) is 129 cm³/mol. The van der Waals surface area contributed by atoms with Crippen molar-refractivity contribution in [1.29, 1.82) is 0 Å². The first kappa shape index (κ1) is 23.1. The van der Waals surface area contributed by atoms with Crippen molar-refractivity contribution in [3.63, 3.8) is 0 Å². The standard InChI is InChI=1S/C26H26FN5O2/c1-3-31(4-2)24(33)16-28-26(34)21-14-23(19-10-6-5-7-11-19)30-25-22(21)15-29-32(25)17-18-9-8-12-20(27)13-18/h5-15H,3-4,16-17H2,1-2H3,(H,28,34). The molecule has 2 aromatic carbocycles. The summed E-state index contributed by atoms with van der Waals surface area (Å²) in [6, 6.07) is 17.5. The van der Waals surface area contributed by atoms with E-state index in [1.165, 1.54) is 12.1 Å². The Balaban J connectivity index is 1.72. The molecule has 7 nitrogen and oxygen atoms in total. The minimum Gasteiger partial charge on any atom is -0.343 e. The number of nitrogens with zero attached hydrogens (tertiary/aromatic N) is 4. The molecule has 0 aliphatic heterocycles. The van der Waals surface area contributed by atoms with E-state index in [0.29, 0.717) is 41.9 Å². The van der Waals surface area contributed by atoms with Crippen LogP contribution in [0.3, 0.4) is 0 Å². The molecule has 0 atom stereocenters. The van der Waals surface area contributed by atoms with Crippen molar-refractivity contribution in [2.75, 3.05) is 19.6 Å². The highest BCUT2D eigenvalue weighted by molar-refractivity contribution is 6.07. The second kappa shape index (κ2) is 10.2. The van der Waals surface area contributed by atoms with E-state index in [2.05, 4.69) is 10.4 Å². The molecule has 1 N–H and O–H groups in total. The summed E-state index contributed by atoms with van der Waals surface area (Å²) in [5, 5.41) is 7.72. The molecule has 0 saturated heterocycles. The molecule has 2 amide bonds. The summed E-state index contributed by atoms with van der Waals surface area (Å²) in [7, 11) is 0. The second-order valence-corrected chi connectivity index (χ2v) is 7.84. The van der Waals surface area contributed by atoms with Crippen LogP contribution >= 0.6 is 0 Å². The summed E-state index contributed by atoms with van der Waals surface area (Å²) in [5.74, 6) is -0.853. The molecule has 4 rings (SSSR count). The van der Waals surface area contributed by atoms with Gasteiger partial charge in [-0.05, 0) is 37.6 Å². The number of hydrogen-bond donors (Lipinski definition) is 1. The third kappa shape index (κ3) is 4.96. The summed E-state index contributed by atoms with van der Waals surface area (Å²) in [5.41, 5.74) is 3.06. The average Bonchev–Trinajstić information content (AvgIpc) is 3.25. The molecule has 0 unspecified atom stereocenters. The number of aromatic nitrogens is 3. The van der Waals surface area contributed by atoms with Crippen LogP contribution in [0.1, 0.15) is 29.8 Å². The van der Waals surface area contributed by atoms with Gasteiger partial charge >= 0.3 is 0 Å². The number of fused-ring (bicyclic) bond motifs is 1. The molecule has 0 saturated carbocycles. The van der Waals surface area contributed by atoms with Crippen LogP contribution in [-0.2, 0) is 11.3 Å². The Morgan fingerprint density at radius 3 is 2.50 bits per heavy atom. The lowest BCUT2D eigenvalue weighted by atomic mass is 10.1.